The summed E-state index contributed by atoms with van der Waals surface area (Å²) in [4.78, 5) is 7.81. The van der Waals surface area contributed by atoms with Gasteiger partial charge in [-0.15, -0.1) is 11.3 Å². The van der Waals surface area contributed by atoms with Crippen molar-refractivity contribution < 1.29 is 4.39 Å². The quantitative estimate of drug-likeness (QED) is 0.596. The lowest BCUT2D eigenvalue weighted by Crippen LogP contribution is -2.36. The van der Waals surface area contributed by atoms with Gasteiger partial charge in [0.2, 0.25) is 0 Å². The number of aliphatic imine (C=N–C) groups is 1. The Hall–Kier alpha value is -1.92. The Bertz CT molecular complexity index is 653. The maximum Gasteiger partial charge on any atom is 0.191 e. The molecule has 6 heteroatoms. The standard InChI is InChI=1S/C18H25FN4S/c1-4-20-18(22-12-16-6-5-9-24-16)21-11-14-7-8-17(19)15(10-14)13-23(2)3/h5-10H,4,11-13H2,1-3H3,(H2,20,21,22). The van der Waals surface area contributed by atoms with Gasteiger partial charge in [-0.25, -0.2) is 9.38 Å². The summed E-state index contributed by atoms with van der Waals surface area (Å²) < 4.78 is 13.8. The average molecular weight is 348 g/mol. The first-order chi connectivity index (χ1) is 11.6. The van der Waals surface area contributed by atoms with Crippen molar-refractivity contribution in [2.45, 2.75) is 26.6 Å². The number of hydrogen-bond acceptors (Lipinski definition) is 3. The molecule has 0 unspecified atom stereocenters. The average Bonchev–Trinajstić information content (AvgIpc) is 3.06. The van der Waals surface area contributed by atoms with Crippen LogP contribution in [0.15, 0.2) is 40.7 Å². The number of halogens is 1. The Morgan fingerprint density at radius 1 is 1.25 bits per heavy atom. The maximum absolute atomic E-state index is 13.8. The first kappa shape index (κ1) is 18.4. The van der Waals surface area contributed by atoms with Crippen LogP contribution >= 0.6 is 11.3 Å². The first-order valence-corrected chi connectivity index (χ1v) is 8.93. The summed E-state index contributed by atoms with van der Waals surface area (Å²) in [6.45, 7) is 4.68. The molecule has 0 atom stereocenters. The summed E-state index contributed by atoms with van der Waals surface area (Å²) >= 11 is 1.72. The largest absolute Gasteiger partial charge is 0.357 e. The molecule has 0 aliphatic carbocycles. The van der Waals surface area contributed by atoms with E-state index in [0.717, 1.165) is 24.6 Å². The topological polar surface area (TPSA) is 39.7 Å². The van der Waals surface area contributed by atoms with E-state index in [1.165, 1.54) is 10.9 Å². The molecule has 130 valence electrons. The van der Waals surface area contributed by atoms with Crippen molar-refractivity contribution in [1.82, 2.24) is 15.5 Å². The highest BCUT2D eigenvalue weighted by molar-refractivity contribution is 7.09. The summed E-state index contributed by atoms with van der Waals surface area (Å²) in [5.41, 5.74) is 1.70. The molecular weight excluding hydrogens is 323 g/mol. The number of guanidine groups is 1. The van der Waals surface area contributed by atoms with E-state index in [1.54, 1.807) is 17.4 Å². The SMILES string of the molecule is CCNC(=NCc1ccc(F)c(CN(C)C)c1)NCc1cccs1. The molecular formula is C18H25FN4S. The lowest BCUT2D eigenvalue weighted by atomic mass is 10.1. The number of nitrogens with zero attached hydrogens (tertiary/aromatic N) is 2. The van der Waals surface area contributed by atoms with E-state index in [4.69, 9.17) is 0 Å². The molecule has 1 aromatic heterocycles. The van der Waals surface area contributed by atoms with E-state index in [-0.39, 0.29) is 5.82 Å². The van der Waals surface area contributed by atoms with E-state index >= 15 is 0 Å². The monoisotopic (exact) mass is 348 g/mol. The molecule has 24 heavy (non-hydrogen) atoms. The van der Waals surface area contributed by atoms with E-state index < -0.39 is 0 Å². The molecule has 2 aromatic rings. The van der Waals surface area contributed by atoms with Gasteiger partial charge in [0.05, 0.1) is 13.1 Å². The zero-order valence-corrected chi connectivity index (χ0v) is 15.3. The molecule has 0 aliphatic rings. The fraction of sp³-hybridized carbons (Fsp3) is 0.389. The van der Waals surface area contributed by atoms with Crippen molar-refractivity contribution >= 4 is 17.3 Å². The van der Waals surface area contributed by atoms with Crippen LogP contribution in [0.1, 0.15) is 22.9 Å². The van der Waals surface area contributed by atoms with Crippen molar-refractivity contribution in [2.75, 3.05) is 20.6 Å². The molecule has 1 aromatic carbocycles. The zero-order chi connectivity index (χ0) is 17.4. The van der Waals surface area contributed by atoms with Gasteiger partial charge >= 0.3 is 0 Å². The maximum atomic E-state index is 13.8. The van der Waals surface area contributed by atoms with Gasteiger partial charge in [0.15, 0.2) is 5.96 Å². The molecule has 0 saturated heterocycles. The Morgan fingerprint density at radius 2 is 2.08 bits per heavy atom. The third-order valence-corrected chi connectivity index (χ3v) is 4.25. The lowest BCUT2D eigenvalue weighted by Gasteiger charge is -2.12. The Morgan fingerprint density at radius 3 is 2.75 bits per heavy atom. The molecule has 1 heterocycles. The van der Waals surface area contributed by atoms with Crippen LogP contribution in [-0.4, -0.2) is 31.5 Å². The third-order valence-electron chi connectivity index (χ3n) is 3.37. The minimum atomic E-state index is -0.167. The van der Waals surface area contributed by atoms with Crippen molar-refractivity contribution in [3.05, 3.63) is 57.5 Å². The van der Waals surface area contributed by atoms with Gasteiger partial charge in [-0.2, -0.15) is 0 Å². The highest BCUT2D eigenvalue weighted by Gasteiger charge is 2.05. The van der Waals surface area contributed by atoms with Gasteiger partial charge in [0.1, 0.15) is 5.82 Å². The molecule has 4 nitrogen and oxygen atoms in total. The van der Waals surface area contributed by atoms with Crippen LogP contribution in [0.25, 0.3) is 0 Å². The smallest absolute Gasteiger partial charge is 0.191 e. The van der Waals surface area contributed by atoms with Crippen LogP contribution in [0.2, 0.25) is 0 Å². The predicted molar refractivity (Wildman–Crippen MR) is 99.8 cm³/mol. The fourth-order valence-corrected chi connectivity index (χ4v) is 2.93. The van der Waals surface area contributed by atoms with Crippen molar-refractivity contribution in [2.24, 2.45) is 4.99 Å². The Kier molecular flexibility index (Phi) is 7.21. The molecule has 0 bridgehead atoms. The molecule has 0 aliphatic heterocycles. The fourth-order valence-electron chi connectivity index (χ4n) is 2.28. The summed E-state index contributed by atoms with van der Waals surface area (Å²) in [5.74, 6) is 0.601. The van der Waals surface area contributed by atoms with E-state index in [1.807, 2.05) is 38.1 Å². The summed E-state index contributed by atoms with van der Waals surface area (Å²) in [5, 5.41) is 8.61. The van der Waals surface area contributed by atoms with Gasteiger partial charge in [0, 0.05) is 23.5 Å². The molecule has 0 amide bonds. The lowest BCUT2D eigenvalue weighted by molar-refractivity contribution is 0.392. The van der Waals surface area contributed by atoms with Gasteiger partial charge in [-0.1, -0.05) is 12.1 Å². The van der Waals surface area contributed by atoms with Crippen LogP contribution in [0.5, 0.6) is 0 Å². The summed E-state index contributed by atoms with van der Waals surface area (Å²) in [6.07, 6.45) is 0. The number of nitrogens with one attached hydrogen (secondary N) is 2. The normalized spacial score (nSPS) is 11.8. The molecule has 0 spiro atoms. The minimum Gasteiger partial charge on any atom is -0.357 e. The third kappa shape index (κ3) is 5.94. The van der Waals surface area contributed by atoms with E-state index in [2.05, 4.69) is 27.1 Å². The highest BCUT2D eigenvalue weighted by atomic mass is 32.1. The van der Waals surface area contributed by atoms with Gasteiger partial charge < -0.3 is 15.5 Å². The van der Waals surface area contributed by atoms with Crippen LogP contribution in [0.4, 0.5) is 4.39 Å². The van der Waals surface area contributed by atoms with Gasteiger partial charge in [-0.3, -0.25) is 0 Å². The zero-order valence-electron chi connectivity index (χ0n) is 14.5. The number of benzene rings is 1. The second-order valence-corrected chi connectivity index (χ2v) is 6.82. The Labute approximate surface area is 147 Å². The van der Waals surface area contributed by atoms with Crippen LogP contribution in [-0.2, 0) is 19.6 Å². The van der Waals surface area contributed by atoms with Gasteiger partial charge in [0.25, 0.3) is 0 Å². The van der Waals surface area contributed by atoms with Crippen LogP contribution < -0.4 is 10.6 Å². The summed E-state index contributed by atoms with van der Waals surface area (Å²) in [6, 6.07) is 9.34. The number of hydrogen-bond donors (Lipinski definition) is 2. The van der Waals surface area contributed by atoms with E-state index in [0.29, 0.717) is 18.7 Å². The number of thiophene rings is 1. The van der Waals surface area contributed by atoms with Crippen molar-refractivity contribution in [1.29, 1.82) is 0 Å². The van der Waals surface area contributed by atoms with Crippen LogP contribution in [0.3, 0.4) is 0 Å². The minimum absolute atomic E-state index is 0.167. The number of rotatable bonds is 7. The van der Waals surface area contributed by atoms with Gasteiger partial charge in [-0.05, 0) is 50.2 Å². The second-order valence-electron chi connectivity index (χ2n) is 5.79. The molecule has 2 N–H and O–H groups in total. The van der Waals surface area contributed by atoms with Crippen LogP contribution in [0, 0.1) is 5.82 Å². The molecule has 2 rings (SSSR count). The predicted octanol–water partition coefficient (Wildman–Crippen LogP) is 3.20. The molecule has 0 radical (unpaired) electrons. The summed E-state index contributed by atoms with van der Waals surface area (Å²) in [7, 11) is 3.87. The molecule has 0 fully saturated rings. The van der Waals surface area contributed by atoms with Crippen molar-refractivity contribution in [3.8, 4) is 0 Å². The van der Waals surface area contributed by atoms with Crippen molar-refractivity contribution in [3.63, 3.8) is 0 Å². The highest BCUT2D eigenvalue weighted by Crippen LogP contribution is 2.13. The Balaban J connectivity index is 2.01. The second kappa shape index (κ2) is 9.39. The molecule has 0 saturated carbocycles. The van der Waals surface area contributed by atoms with E-state index in [9.17, 15) is 4.39 Å². The first-order valence-electron chi connectivity index (χ1n) is 8.05.